The smallest absolute Gasteiger partial charge is 0.307 e. The summed E-state index contributed by atoms with van der Waals surface area (Å²) in [5.41, 5.74) is -0.0293. The topological polar surface area (TPSA) is 57.6 Å². The number of nitrogens with zero attached hydrogens (tertiary/aromatic N) is 1. The molecule has 2 unspecified atom stereocenters. The van der Waals surface area contributed by atoms with E-state index in [1.165, 1.54) is 0 Å². The van der Waals surface area contributed by atoms with Gasteiger partial charge in [-0.2, -0.15) is 0 Å². The lowest BCUT2D eigenvalue weighted by Gasteiger charge is -2.26. The highest BCUT2D eigenvalue weighted by atomic mass is 16.4. The van der Waals surface area contributed by atoms with Crippen molar-refractivity contribution in [2.45, 2.75) is 25.7 Å². The van der Waals surface area contributed by atoms with E-state index in [1.807, 2.05) is 44.2 Å². The summed E-state index contributed by atoms with van der Waals surface area (Å²) in [6.45, 7) is 5.04. The molecule has 4 heteroatoms. The summed E-state index contributed by atoms with van der Waals surface area (Å²) >= 11 is 0. The highest BCUT2D eigenvalue weighted by Gasteiger charge is 2.65. The number of aliphatic carboxylic acids is 1. The summed E-state index contributed by atoms with van der Waals surface area (Å²) in [6.07, 6.45) is 0.404. The van der Waals surface area contributed by atoms with Crippen molar-refractivity contribution in [3.8, 4) is 0 Å². The molecule has 1 fully saturated rings. The molecule has 4 nitrogen and oxygen atoms in total. The van der Waals surface area contributed by atoms with E-state index in [9.17, 15) is 14.7 Å². The lowest BCUT2D eigenvalue weighted by atomic mass is 9.91. The number of carboxylic acids is 1. The Morgan fingerprint density at radius 3 is 2.26 bits per heavy atom. The number of carbonyl (C=O) groups is 2. The second-order valence-corrected chi connectivity index (χ2v) is 4.91. The van der Waals surface area contributed by atoms with E-state index in [0.29, 0.717) is 19.5 Å². The SMILES string of the molecule is CCN(CC)C(=O)C1(c2ccccc2)CC1C(=O)O. The molecule has 0 aliphatic heterocycles. The van der Waals surface area contributed by atoms with Crippen LogP contribution < -0.4 is 0 Å². The molecule has 0 heterocycles. The van der Waals surface area contributed by atoms with Gasteiger partial charge >= 0.3 is 5.97 Å². The fraction of sp³-hybridized carbons (Fsp3) is 0.467. The number of rotatable bonds is 5. The normalized spacial score (nSPS) is 24.8. The van der Waals surface area contributed by atoms with Gasteiger partial charge in [0.2, 0.25) is 5.91 Å². The zero-order valence-electron chi connectivity index (χ0n) is 11.3. The fourth-order valence-electron chi connectivity index (χ4n) is 2.77. The average molecular weight is 261 g/mol. The van der Waals surface area contributed by atoms with Gasteiger partial charge in [0.05, 0.1) is 11.3 Å². The zero-order valence-corrected chi connectivity index (χ0v) is 11.3. The van der Waals surface area contributed by atoms with Crippen LogP contribution in [0.3, 0.4) is 0 Å². The van der Waals surface area contributed by atoms with Crippen molar-refractivity contribution in [3.05, 3.63) is 35.9 Å². The number of carbonyl (C=O) groups excluding carboxylic acids is 1. The van der Waals surface area contributed by atoms with E-state index in [0.717, 1.165) is 5.56 Å². The largest absolute Gasteiger partial charge is 0.481 e. The molecule has 1 aliphatic rings. The van der Waals surface area contributed by atoms with Crippen LogP contribution in [0.2, 0.25) is 0 Å². The second kappa shape index (κ2) is 5.03. The summed E-state index contributed by atoms with van der Waals surface area (Å²) in [5, 5.41) is 9.26. The first-order chi connectivity index (χ1) is 9.07. The molecule has 1 amide bonds. The fourth-order valence-corrected chi connectivity index (χ4v) is 2.77. The Labute approximate surface area is 113 Å². The van der Waals surface area contributed by atoms with Gasteiger partial charge in [0.25, 0.3) is 0 Å². The van der Waals surface area contributed by atoms with Crippen molar-refractivity contribution < 1.29 is 14.7 Å². The quantitative estimate of drug-likeness (QED) is 0.880. The van der Waals surface area contributed by atoms with Gasteiger partial charge in [0.1, 0.15) is 0 Å². The number of amides is 1. The molecule has 19 heavy (non-hydrogen) atoms. The molecule has 0 aromatic heterocycles. The molecule has 2 atom stereocenters. The lowest BCUT2D eigenvalue weighted by molar-refractivity contribution is -0.142. The zero-order chi connectivity index (χ0) is 14.0. The van der Waals surface area contributed by atoms with Crippen molar-refractivity contribution in [1.82, 2.24) is 4.90 Å². The molecular weight excluding hydrogens is 242 g/mol. The number of carboxylic acid groups (broad SMARTS) is 1. The molecule has 0 saturated heterocycles. The van der Waals surface area contributed by atoms with Crippen molar-refractivity contribution in [2.75, 3.05) is 13.1 Å². The molecule has 0 radical (unpaired) electrons. The lowest BCUT2D eigenvalue weighted by Crippen LogP contribution is -2.41. The van der Waals surface area contributed by atoms with Crippen molar-refractivity contribution in [2.24, 2.45) is 5.92 Å². The van der Waals surface area contributed by atoms with Gasteiger partial charge < -0.3 is 10.0 Å². The highest BCUT2D eigenvalue weighted by molar-refractivity contribution is 5.98. The molecule has 1 aromatic carbocycles. The van der Waals surface area contributed by atoms with Crippen LogP contribution in [0.4, 0.5) is 0 Å². The van der Waals surface area contributed by atoms with Gasteiger partial charge in [-0.3, -0.25) is 9.59 Å². The summed E-state index contributed by atoms with van der Waals surface area (Å²) in [5.74, 6) is -1.54. The van der Waals surface area contributed by atoms with Crippen LogP contribution in [-0.2, 0) is 15.0 Å². The third-order valence-electron chi connectivity index (χ3n) is 3.98. The van der Waals surface area contributed by atoms with Gasteiger partial charge in [-0.1, -0.05) is 30.3 Å². The third-order valence-corrected chi connectivity index (χ3v) is 3.98. The Morgan fingerprint density at radius 2 is 1.84 bits per heavy atom. The average Bonchev–Trinajstić information content (AvgIpc) is 3.18. The van der Waals surface area contributed by atoms with Gasteiger partial charge in [-0.05, 0) is 25.8 Å². The number of likely N-dealkylation sites (N-methyl/N-ethyl adjacent to an activating group) is 1. The second-order valence-electron chi connectivity index (χ2n) is 4.91. The number of hydrogen-bond donors (Lipinski definition) is 1. The summed E-state index contributed by atoms with van der Waals surface area (Å²) in [7, 11) is 0. The van der Waals surface area contributed by atoms with Gasteiger partial charge in [-0.25, -0.2) is 0 Å². The first-order valence-electron chi connectivity index (χ1n) is 6.65. The summed E-state index contributed by atoms with van der Waals surface area (Å²) < 4.78 is 0. The molecule has 1 aliphatic carbocycles. The third kappa shape index (κ3) is 2.11. The molecule has 0 bridgehead atoms. The van der Waals surface area contributed by atoms with Gasteiger partial charge in [0.15, 0.2) is 0 Å². The Hall–Kier alpha value is -1.84. The van der Waals surface area contributed by atoms with Gasteiger partial charge in [0, 0.05) is 13.1 Å². The van der Waals surface area contributed by atoms with Gasteiger partial charge in [-0.15, -0.1) is 0 Å². The Bertz CT molecular complexity index is 481. The van der Waals surface area contributed by atoms with E-state index >= 15 is 0 Å². The van der Waals surface area contributed by atoms with Crippen molar-refractivity contribution in [3.63, 3.8) is 0 Å². The maximum Gasteiger partial charge on any atom is 0.307 e. The standard InChI is InChI=1S/C15H19NO3/c1-3-16(4-2)14(19)15(10-12(15)13(17)18)11-8-6-5-7-9-11/h5-9,12H,3-4,10H2,1-2H3,(H,17,18). The number of hydrogen-bond acceptors (Lipinski definition) is 2. The van der Waals surface area contributed by atoms with Crippen LogP contribution in [0, 0.1) is 5.92 Å². The minimum Gasteiger partial charge on any atom is -0.481 e. The van der Waals surface area contributed by atoms with Crippen LogP contribution in [0.1, 0.15) is 25.8 Å². The molecule has 2 rings (SSSR count). The number of benzene rings is 1. The predicted octanol–water partition coefficient (Wildman–Crippen LogP) is 1.90. The molecular formula is C15H19NO3. The predicted molar refractivity (Wildman–Crippen MR) is 71.8 cm³/mol. The summed E-state index contributed by atoms with van der Waals surface area (Å²) in [6, 6.07) is 9.28. The van der Waals surface area contributed by atoms with Crippen molar-refractivity contribution in [1.29, 1.82) is 0 Å². The Morgan fingerprint density at radius 1 is 1.26 bits per heavy atom. The first kappa shape index (κ1) is 13.6. The Balaban J connectivity index is 2.39. The van der Waals surface area contributed by atoms with E-state index in [-0.39, 0.29) is 5.91 Å². The van der Waals surface area contributed by atoms with E-state index in [1.54, 1.807) is 4.90 Å². The van der Waals surface area contributed by atoms with Crippen LogP contribution >= 0.6 is 0 Å². The first-order valence-corrected chi connectivity index (χ1v) is 6.65. The molecule has 1 N–H and O–H groups in total. The van der Waals surface area contributed by atoms with Crippen molar-refractivity contribution >= 4 is 11.9 Å². The van der Waals surface area contributed by atoms with E-state index in [4.69, 9.17) is 0 Å². The van der Waals surface area contributed by atoms with Crippen LogP contribution in [-0.4, -0.2) is 35.0 Å². The minimum atomic E-state index is -0.885. The molecule has 102 valence electrons. The van der Waals surface area contributed by atoms with Crippen LogP contribution in [0.25, 0.3) is 0 Å². The monoisotopic (exact) mass is 261 g/mol. The maximum atomic E-state index is 12.7. The molecule has 1 saturated carbocycles. The molecule has 0 spiro atoms. The molecule has 1 aromatic rings. The van der Waals surface area contributed by atoms with E-state index in [2.05, 4.69) is 0 Å². The minimum absolute atomic E-state index is 0.0592. The highest BCUT2D eigenvalue weighted by Crippen LogP contribution is 2.55. The maximum absolute atomic E-state index is 12.7. The van der Waals surface area contributed by atoms with Crippen LogP contribution in [0.5, 0.6) is 0 Å². The van der Waals surface area contributed by atoms with E-state index < -0.39 is 17.3 Å². The Kier molecular flexibility index (Phi) is 3.60. The van der Waals surface area contributed by atoms with Crippen LogP contribution in [0.15, 0.2) is 30.3 Å². The summed E-state index contributed by atoms with van der Waals surface area (Å²) in [4.78, 5) is 25.7.